The summed E-state index contributed by atoms with van der Waals surface area (Å²) in [7, 11) is 0. The van der Waals surface area contributed by atoms with Gasteiger partial charge in [-0.25, -0.2) is 0 Å². The van der Waals surface area contributed by atoms with Crippen molar-refractivity contribution in [3.8, 4) is 12.3 Å². The molecule has 1 aromatic carbocycles. The van der Waals surface area contributed by atoms with Gasteiger partial charge in [0.25, 0.3) is 0 Å². The molecule has 0 aliphatic heterocycles. The zero-order chi connectivity index (χ0) is 11.8. The van der Waals surface area contributed by atoms with Crippen molar-refractivity contribution in [2.24, 2.45) is 0 Å². The van der Waals surface area contributed by atoms with Gasteiger partial charge in [-0.05, 0) is 12.0 Å². The van der Waals surface area contributed by atoms with Crippen LogP contribution in [0.3, 0.4) is 0 Å². The summed E-state index contributed by atoms with van der Waals surface area (Å²) in [5.74, 6) is 2.04. The molecular formula is C13H15NO2. The Morgan fingerprint density at radius 2 is 2.12 bits per heavy atom. The van der Waals surface area contributed by atoms with Gasteiger partial charge >= 0.3 is 0 Å². The Kier molecular flexibility index (Phi) is 5.10. The summed E-state index contributed by atoms with van der Waals surface area (Å²) in [5, 5.41) is 11.8. The fourth-order valence-electron chi connectivity index (χ4n) is 1.43. The largest absolute Gasteiger partial charge is 0.394 e. The number of hydrogen-bond acceptors (Lipinski definition) is 2. The standard InChI is InChI=1S/C13H15NO2/c1-2-6-13(16)14-12(10-15)9-11-7-4-3-5-8-11/h1,3-5,7-8,12,15H,6,9-10H2,(H,14,16). The molecule has 84 valence electrons. The van der Waals surface area contributed by atoms with Gasteiger partial charge in [0.1, 0.15) is 0 Å². The number of carbonyl (C=O) groups is 1. The normalized spacial score (nSPS) is 11.5. The first kappa shape index (κ1) is 12.3. The number of hydrogen-bond donors (Lipinski definition) is 2. The van der Waals surface area contributed by atoms with E-state index in [1.54, 1.807) is 0 Å². The minimum Gasteiger partial charge on any atom is -0.394 e. The molecule has 0 saturated heterocycles. The zero-order valence-corrected chi connectivity index (χ0v) is 9.02. The molecule has 1 atom stereocenters. The van der Waals surface area contributed by atoms with E-state index in [0.717, 1.165) is 5.56 Å². The second-order valence-electron chi connectivity index (χ2n) is 3.52. The van der Waals surface area contributed by atoms with Crippen molar-refractivity contribution in [3.63, 3.8) is 0 Å². The lowest BCUT2D eigenvalue weighted by Crippen LogP contribution is -2.38. The molecule has 16 heavy (non-hydrogen) atoms. The van der Waals surface area contributed by atoms with Gasteiger partial charge in [0.15, 0.2) is 0 Å². The van der Waals surface area contributed by atoms with E-state index in [-0.39, 0.29) is 25.0 Å². The summed E-state index contributed by atoms with van der Waals surface area (Å²) in [5.41, 5.74) is 1.07. The fourth-order valence-corrected chi connectivity index (χ4v) is 1.43. The fraction of sp³-hybridized carbons (Fsp3) is 0.308. The molecule has 1 amide bonds. The lowest BCUT2D eigenvalue weighted by Gasteiger charge is -2.15. The maximum atomic E-state index is 11.2. The van der Waals surface area contributed by atoms with Gasteiger partial charge in [0, 0.05) is 0 Å². The van der Waals surface area contributed by atoms with Gasteiger partial charge in [0.2, 0.25) is 5.91 Å². The molecule has 1 unspecified atom stereocenters. The molecule has 0 aliphatic rings. The number of aliphatic hydroxyl groups is 1. The van der Waals surface area contributed by atoms with Crippen LogP contribution in [0.4, 0.5) is 0 Å². The lowest BCUT2D eigenvalue weighted by molar-refractivity contribution is -0.121. The van der Waals surface area contributed by atoms with Crippen molar-refractivity contribution in [1.82, 2.24) is 5.32 Å². The number of benzene rings is 1. The number of aliphatic hydroxyl groups excluding tert-OH is 1. The first-order valence-corrected chi connectivity index (χ1v) is 5.14. The number of terminal acetylenes is 1. The molecule has 0 heterocycles. The van der Waals surface area contributed by atoms with Crippen LogP contribution in [0.1, 0.15) is 12.0 Å². The molecular weight excluding hydrogens is 202 g/mol. The van der Waals surface area contributed by atoms with Crippen LogP contribution < -0.4 is 5.32 Å². The van der Waals surface area contributed by atoms with E-state index in [9.17, 15) is 4.79 Å². The topological polar surface area (TPSA) is 49.3 Å². The zero-order valence-electron chi connectivity index (χ0n) is 9.02. The third kappa shape index (κ3) is 4.16. The van der Waals surface area contributed by atoms with Crippen LogP contribution in [0.15, 0.2) is 30.3 Å². The predicted octanol–water partition coefficient (Wildman–Crippen LogP) is 0.729. The van der Waals surface area contributed by atoms with Crippen molar-refractivity contribution >= 4 is 5.91 Å². The van der Waals surface area contributed by atoms with Crippen molar-refractivity contribution < 1.29 is 9.90 Å². The number of nitrogens with one attached hydrogen (secondary N) is 1. The molecule has 3 heteroatoms. The molecule has 0 aromatic heterocycles. The summed E-state index contributed by atoms with van der Waals surface area (Å²) in [6, 6.07) is 9.41. The Hall–Kier alpha value is -1.79. The highest BCUT2D eigenvalue weighted by atomic mass is 16.3. The molecule has 2 N–H and O–H groups in total. The summed E-state index contributed by atoms with van der Waals surface area (Å²) in [6.45, 7) is -0.0921. The van der Waals surface area contributed by atoms with E-state index in [4.69, 9.17) is 11.5 Å². The summed E-state index contributed by atoms with van der Waals surface area (Å²) >= 11 is 0. The van der Waals surface area contributed by atoms with Crippen molar-refractivity contribution in [1.29, 1.82) is 0 Å². The Bertz CT molecular complexity index is 367. The Labute approximate surface area is 95.5 Å². The second-order valence-corrected chi connectivity index (χ2v) is 3.52. The Morgan fingerprint density at radius 3 is 2.69 bits per heavy atom. The summed E-state index contributed by atoms with van der Waals surface area (Å²) in [4.78, 5) is 11.2. The van der Waals surface area contributed by atoms with Crippen LogP contribution in [0.2, 0.25) is 0 Å². The van der Waals surface area contributed by atoms with Crippen LogP contribution in [0, 0.1) is 12.3 Å². The Balaban J connectivity index is 2.50. The third-order valence-electron chi connectivity index (χ3n) is 2.17. The SMILES string of the molecule is C#CCC(=O)NC(CO)Cc1ccccc1. The van der Waals surface area contributed by atoms with E-state index >= 15 is 0 Å². The van der Waals surface area contributed by atoms with Gasteiger partial charge < -0.3 is 10.4 Å². The van der Waals surface area contributed by atoms with Crippen LogP contribution in [0.5, 0.6) is 0 Å². The van der Waals surface area contributed by atoms with E-state index in [1.165, 1.54) is 0 Å². The molecule has 0 radical (unpaired) electrons. The van der Waals surface area contributed by atoms with Crippen molar-refractivity contribution in [3.05, 3.63) is 35.9 Å². The van der Waals surface area contributed by atoms with Crippen LogP contribution >= 0.6 is 0 Å². The first-order chi connectivity index (χ1) is 7.76. The minimum atomic E-state index is -0.275. The van der Waals surface area contributed by atoms with Gasteiger partial charge in [-0.15, -0.1) is 6.42 Å². The molecule has 0 bridgehead atoms. The maximum Gasteiger partial charge on any atom is 0.232 e. The van der Waals surface area contributed by atoms with Crippen molar-refractivity contribution in [2.45, 2.75) is 18.9 Å². The van der Waals surface area contributed by atoms with Crippen LogP contribution in [-0.2, 0) is 11.2 Å². The van der Waals surface area contributed by atoms with Crippen LogP contribution in [-0.4, -0.2) is 23.7 Å². The quantitative estimate of drug-likeness (QED) is 0.714. The molecule has 3 nitrogen and oxygen atoms in total. The molecule has 1 rings (SSSR count). The van der Waals surface area contributed by atoms with E-state index in [2.05, 4.69) is 11.2 Å². The number of carbonyl (C=O) groups excluding carboxylic acids is 1. The average molecular weight is 217 g/mol. The van der Waals surface area contributed by atoms with E-state index in [0.29, 0.717) is 6.42 Å². The molecule has 0 spiro atoms. The molecule has 0 saturated carbocycles. The van der Waals surface area contributed by atoms with Gasteiger partial charge in [0.05, 0.1) is 19.1 Å². The van der Waals surface area contributed by atoms with Gasteiger partial charge in [-0.2, -0.15) is 0 Å². The summed E-state index contributed by atoms with van der Waals surface area (Å²) < 4.78 is 0. The number of amides is 1. The Morgan fingerprint density at radius 1 is 1.44 bits per heavy atom. The third-order valence-corrected chi connectivity index (χ3v) is 2.17. The van der Waals surface area contributed by atoms with E-state index in [1.807, 2.05) is 30.3 Å². The highest BCUT2D eigenvalue weighted by Gasteiger charge is 2.10. The average Bonchev–Trinajstić information content (AvgIpc) is 2.30. The molecule has 0 fully saturated rings. The van der Waals surface area contributed by atoms with Crippen LogP contribution in [0.25, 0.3) is 0 Å². The smallest absolute Gasteiger partial charge is 0.232 e. The highest BCUT2D eigenvalue weighted by molar-refractivity contribution is 5.78. The minimum absolute atomic E-state index is 0.0469. The monoisotopic (exact) mass is 217 g/mol. The predicted molar refractivity (Wildman–Crippen MR) is 62.6 cm³/mol. The van der Waals surface area contributed by atoms with Crippen molar-refractivity contribution in [2.75, 3.05) is 6.61 Å². The molecule has 1 aromatic rings. The van der Waals surface area contributed by atoms with Gasteiger partial charge in [-0.3, -0.25) is 4.79 Å². The maximum absolute atomic E-state index is 11.2. The lowest BCUT2D eigenvalue weighted by atomic mass is 10.1. The summed E-state index contributed by atoms with van der Waals surface area (Å²) in [6.07, 6.45) is 5.68. The first-order valence-electron chi connectivity index (χ1n) is 5.14. The van der Waals surface area contributed by atoms with Gasteiger partial charge in [-0.1, -0.05) is 36.3 Å². The second kappa shape index (κ2) is 6.65. The van der Waals surface area contributed by atoms with E-state index < -0.39 is 0 Å². The highest BCUT2D eigenvalue weighted by Crippen LogP contribution is 2.02. The number of rotatable bonds is 5. The molecule has 0 aliphatic carbocycles.